The third-order valence-corrected chi connectivity index (χ3v) is 3.77. The number of benzene rings is 2. The zero-order chi connectivity index (χ0) is 13.8. The Morgan fingerprint density at radius 2 is 1.74 bits per heavy atom. The lowest BCUT2D eigenvalue weighted by Crippen LogP contribution is -2.38. The van der Waals surface area contributed by atoms with Crippen LogP contribution in [0.1, 0.15) is 19.4 Å². The topological polar surface area (TPSA) is 23.5 Å². The van der Waals surface area contributed by atoms with Crippen LogP contribution in [0.15, 0.2) is 42.5 Å². The second kappa shape index (κ2) is 6.18. The Bertz CT molecular complexity index is 536. The maximum Gasteiger partial charge on any atom is 0.0589 e. The molecule has 1 unspecified atom stereocenters. The van der Waals surface area contributed by atoms with Crippen LogP contribution in [0, 0.1) is 5.92 Å². The number of fused-ring (bicyclic) bond motifs is 1. The van der Waals surface area contributed by atoms with Gasteiger partial charge in [0, 0.05) is 12.6 Å². The van der Waals surface area contributed by atoms with Gasteiger partial charge in [-0.25, -0.2) is 0 Å². The largest absolute Gasteiger partial charge is 0.395 e. The van der Waals surface area contributed by atoms with Crippen molar-refractivity contribution in [3.63, 3.8) is 0 Å². The SMILES string of the molecule is CC(C)C(CO)N(C)Cc1ccc2ccccc2c1. The molecule has 1 atom stereocenters. The van der Waals surface area contributed by atoms with Crippen molar-refractivity contribution >= 4 is 10.8 Å². The Hall–Kier alpha value is -1.38. The Kier molecular flexibility index (Phi) is 4.56. The molecule has 2 heteroatoms. The molecule has 0 bridgehead atoms. The Labute approximate surface area is 115 Å². The molecule has 2 aromatic rings. The standard InChI is InChI=1S/C17H23NO/c1-13(2)17(12-19)18(3)11-14-8-9-15-6-4-5-7-16(15)10-14/h4-10,13,17,19H,11-12H2,1-3H3. The molecule has 0 amide bonds. The van der Waals surface area contributed by atoms with Gasteiger partial charge in [0.2, 0.25) is 0 Å². The smallest absolute Gasteiger partial charge is 0.0589 e. The Balaban J connectivity index is 2.16. The molecular weight excluding hydrogens is 234 g/mol. The minimum Gasteiger partial charge on any atom is -0.395 e. The van der Waals surface area contributed by atoms with Crippen LogP contribution in [0.5, 0.6) is 0 Å². The van der Waals surface area contributed by atoms with Gasteiger partial charge in [-0.15, -0.1) is 0 Å². The minimum absolute atomic E-state index is 0.210. The molecule has 0 aliphatic rings. The highest BCUT2D eigenvalue weighted by atomic mass is 16.3. The molecule has 2 rings (SSSR count). The molecule has 0 aliphatic heterocycles. The summed E-state index contributed by atoms with van der Waals surface area (Å²) < 4.78 is 0. The molecule has 0 saturated carbocycles. The molecule has 0 spiro atoms. The number of hydrogen-bond acceptors (Lipinski definition) is 2. The number of aliphatic hydroxyl groups is 1. The average molecular weight is 257 g/mol. The molecular formula is C17H23NO. The predicted molar refractivity (Wildman–Crippen MR) is 81.1 cm³/mol. The number of likely N-dealkylation sites (N-methyl/N-ethyl adjacent to an activating group) is 1. The van der Waals surface area contributed by atoms with Gasteiger partial charge in [-0.1, -0.05) is 50.2 Å². The van der Waals surface area contributed by atoms with Crippen LogP contribution in [0.25, 0.3) is 10.8 Å². The van der Waals surface area contributed by atoms with E-state index in [-0.39, 0.29) is 12.6 Å². The fourth-order valence-electron chi connectivity index (χ4n) is 2.60. The summed E-state index contributed by atoms with van der Waals surface area (Å²) in [6.45, 7) is 5.38. The first kappa shape index (κ1) is 14.0. The maximum atomic E-state index is 9.47. The maximum absolute atomic E-state index is 9.47. The lowest BCUT2D eigenvalue weighted by molar-refractivity contribution is 0.108. The highest BCUT2D eigenvalue weighted by molar-refractivity contribution is 5.82. The van der Waals surface area contributed by atoms with Crippen molar-refractivity contribution in [3.8, 4) is 0 Å². The van der Waals surface area contributed by atoms with E-state index in [0.717, 1.165) is 6.54 Å². The third-order valence-electron chi connectivity index (χ3n) is 3.77. The van der Waals surface area contributed by atoms with Crippen molar-refractivity contribution < 1.29 is 5.11 Å². The average Bonchev–Trinajstić information content (AvgIpc) is 2.39. The van der Waals surface area contributed by atoms with E-state index in [4.69, 9.17) is 0 Å². The molecule has 1 N–H and O–H groups in total. The summed E-state index contributed by atoms with van der Waals surface area (Å²) in [6, 6.07) is 15.2. The molecule has 0 fully saturated rings. The molecule has 0 aromatic heterocycles. The second-order valence-electron chi connectivity index (χ2n) is 5.59. The van der Waals surface area contributed by atoms with Crippen molar-refractivity contribution in [1.29, 1.82) is 0 Å². The van der Waals surface area contributed by atoms with Gasteiger partial charge in [0.25, 0.3) is 0 Å². The number of hydrogen-bond donors (Lipinski definition) is 1. The molecule has 19 heavy (non-hydrogen) atoms. The zero-order valence-corrected chi connectivity index (χ0v) is 12.0. The third kappa shape index (κ3) is 3.34. The van der Waals surface area contributed by atoms with E-state index in [2.05, 4.69) is 68.3 Å². The molecule has 0 aliphatic carbocycles. The Morgan fingerprint density at radius 3 is 2.37 bits per heavy atom. The number of aliphatic hydroxyl groups excluding tert-OH is 1. The number of rotatable bonds is 5. The van der Waals surface area contributed by atoms with Crippen molar-refractivity contribution in [2.45, 2.75) is 26.4 Å². The van der Waals surface area contributed by atoms with Gasteiger partial charge in [0.15, 0.2) is 0 Å². The Morgan fingerprint density at radius 1 is 1.05 bits per heavy atom. The zero-order valence-electron chi connectivity index (χ0n) is 12.0. The number of nitrogens with zero attached hydrogens (tertiary/aromatic N) is 1. The fourth-order valence-corrected chi connectivity index (χ4v) is 2.60. The monoisotopic (exact) mass is 257 g/mol. The molecule has 0 radical (unpaired) electrons. The molecule has 2 aromatic carbocycles. The van der Waals surface area contributed by atoms with Crippen LogP contribution in [0.4, 0.5) is 0 Å². The van der Waals surface area contributed by atoms with E-state index >= 15 is 0 Å². The van der Waals surface area contributed by atoms with Gasteiger partial charge >= 0.3 is 0 Å². The van der Waals surface area contributed by atoms with Crippen LogP contribution >= 0.6 is 0 Å². The van der Waals surface area contributed by atoms with Crippen LogP contribution in [-0.2, 0) is 6.54 Å². The molecule has 2 nitrogen and oxygen atoms in total. The molecule has 0 saturated heterocycles. The highest BCUT2D eigenvalue weighted by Crippen LogP contribution is 2.18. The molecule has 102 valence electrons. The summed E-state index contributed by atoms with van der Waals surface area (Å²) in [5.74, 6) is 0.454. The van der Waals surface area contributed by atoms with E-state index in [1.165, 1.54) is 16.3 Å². The van der Waals surface area contributed by atoms with Crippen LogP contribution in [0.3, 0.4) is 0 Å². The minimum atomic E-state index is 0.210. The van der Waals surface area contributed by atoms with E-state index in [9.17, 15) is 5.11 Å². The van der Waals surface area contributed by atoms with E-state index in [0.29, 0.717) is 5.92 Å². The van der Waals surface area contributed by atoms with Gasteiger partial charge in [-0.3, -0.25) is 4.90 Å². The van der Waals surface area contributed by atoms with E-state index in [1.807, 2.05) is 0 Å². The van der Waals surface area contributed by atoms with Crippen LogP contribution < -0.4 is 0 Å². The summed E-state index contributed by atoms with van der Waals surface area (Å²) in [5, 5.41) is 12.0. The first-order valence-corrected chi connectivity index (χ1v) is 6.90. The predicted octanol–water partition coefficient (Wildman–Crippen LogP) is 3.29. The molecule has 0 heterocycles. The lowest BCUT2D eigenvalue weighted by atomic mass is 10.0. The van der Waals surface area contributed by atoms with Gasteiger partial charge < -0.3 is 5.11 Å². The van der Waals surface area contributed by atoms with E-state index < -0.39 is 0 Å². The first-order valence-electron chi connectivity index (χ1n) is 6.90. The van der Waals surface area contributed by atoms with Crippen LogP contribution in [-0.4, -0.2) is 29.7 Å². The normalized spacial score (nSPS) is 13.4. The van der Waals surface area contributed by atoms with E-state index in [1.54, 1.807) is 0 Å². The summed E-state index contributed by atoms with van der Waals surface area (Å²) in [6.07, 6.45) is 0. The van der Waals surface area contributed by atoms with Crippen molar-refractivity contribution in [3.05, 3.63) is 48.0 Å². The van der Waals surface area contributed by atoms with Gasteiger partial charge in [-0.2, -0.15) is 0 Å². The first-order chi connectivity index (χ1) is 9.11. The van der Waals surface area contributed by atoms with Gasteiger partial charge in [0.1, 0.15) is 0 Å². The summed E-state index contributed by atoms with van der Waals surface area (Å²) in [7, 11) is 2.08. The summed E-state index contributed by atoms with van der Waals surface area (Å²) in [4.78, 5) is 2.23. The lowest BCUT2D eigenvalue weighted by Gasteiger charge is -2.29. The summed E-state index contributed by atoms with van der Waals surface area (Å²) >= 11 is 0. The van der Waals surface area contributed by atoms with Crippen LogP contribution in [0.2, 0.25) is 0 Å². The fraction of sp³-hybridized carbons (Fsp3) is 0.412. The van der Waals surface area contributed by atoms with Gasteiger partial charge in [-0.05, 0) is 35.4 Å². The van der Waals surface area contributed by atoms with Crippen molar-refractivity contribution in [2.75, 3.05) is 13.7 Å². The second-order valence-corrected chi connectivity index (χ2v) is 5.59. The van der Waals surface area contributed by atoms with Gasteiger partial charge in [0.05, 0.1) is 6.61 Å². The highest BCUT2D eigenvalue weighted by Gasteiger charge is 2.17. The summed E-state index contributed by atoms with van der Waals surface area (Å²) in [5.41, 5.74) is 1.29. The van der Waals surface area contributed by atoms with Crippen molar-refractivity contribution in [1.82, 2.24) is 4.90 Å². The van der Waals surface area contributed by atoms with Crippen molar-refractivity contribution in [2.24, 2.45) is 5.92 Å². The quantitative estimate of drug-likeness (QED) is 0.888.